The number of anilines is 1. The summed E-state index contributed by atoms with van der Waals surface area (Å²) in [5.74, 6) is -0.528. The Bertz CT molecular complexity index is 1120. The van der Waals surface area contributed by atoms with E-state index in [1.165, 1.54) is 29.3 Å². The van der Waals surface area contributed by atoms with Crippen LogP contribution in [0.1, 0.15) is 5.56 Å². The lowest BCUT2D eigenvalue weighted by Gasteiger charge is -2.36. The van der Waals surface area contributed by atoms with Gasteiger partial charge in [-0.3, -0.25) is 4.79 Å². The van der Waals surface area contributed by atoms with Crippen molar-refractivity contribution in [3.05, 3.63) is 77.9 Å². The van der Waals surface area contributed by atoms with Gasteiger partial charge < -0.3 is 20.1 Å². The molecule has 4 rings (SSSR count). The van der Waals surface area contributed by atoms with Crippen LogP contribution in [0.2, 0.25) is 0 Å². The van der Waals surface area contributed by atoms with Crippen LogP contribution in [0.15, 0.2) is 66.5 Å². The maximum atomic E-state index is 13.1. The van der Waals surface area contributed by atoms with E-state index < -0.39 is 0 Å². The highest BCUT2D eigenvalue weighted by Gasteiger charge is 2.23. The van der Waals surface area contributed by atoms with Crippen molar-refractivity contribution >= 4 is 22.5 Å². The summed E-state index contributed by atoms with van der Waals surface area (Å²) >= 11 is 0. The third-order valence-corrected chi connectivity index (χ3v) is 5.57. The number of carbonyl (C=O) groups excluding carboxylic acids is 1. The molecule has 3 aromatic rings. The van der Waals surface area contributed by atoms with Crippen molar-refractivity contribution in [3.8, 4) is 6.07 Å². The first kappa shape index (κ1) is 20.5. The summed E-state index contributed by atoms with van der Waals surface area (Å²) in [6.07, 6.45) is 4.29. The minimum Gasteiger partial charge on any atom is -0.389 e. The van der Waals surface area contributed by atoms with Crippen molar-refractivity contribution < 1.29 is 9.18 Å². The number of H-pyrrole nitrogens is 1. The van der Waals surface area contributed by atoms with Crippen LogP contribution in [-0.2, 0) is 11.2 Å². The molecule has 1 aliphatic heterocycles. The van der Waals surface area contributed by atoms with Gasteiger partial charge in [-0.15, -0.1) is 0 Å². The summed E-state index contributed by atoms with van der Waals surface area (Å²) in [4.78, 5) is 19.8. The van der Waals surface area contributed by atoms with E-state index in [-0.39, 0.29) is 17.3 Å². The summed E-state index contributed by atoms with van der Waals surface area (Å²) in [5.41, 5.74) is 3.33. The Kier molecular flexibility index (Phi) is 6.18. The number of hydrogen-bond donors (Lipinski definition) is 2. The monoisotopic (exact) mass is 417 g/mol. The first-order valence-electron chi connectivity index (χ1n) is 10.3. The van der Waals surface area contributed by atoms with Gasteiger partial charge in [0.25, 0.3) is 5.91 Å². The molecule has 0 spiro atoms. The molecule has 2 aromatic carbocycles. The molecule has 1 aliphatic rings. The Hall–Kier alpha value is -3.79. The summed E-state index contributed by atoms with van der Waals surface area (Å²) in [6.45, 7) is 2.95. The van der Waals surface area contributed by atoms with Crippen LogP contribution >= 0.6 is 0 Å². The molecule has 158 valence electrons. The number of aromatic amines is 1. The fourth-order valence-corrected chi connectivity index (χ4v) is 3.85. The first-order chi connectivity index (χ1) is 15.2. The summed E-state index contributed by atoms with van der Waals surface area (Å²) < 4.78 is 13.1. The van der Waals surface area contributed by atoms with Crippen molar-refractivity contribution in [2.24, 2.45) is 0 Å². The van der Waals surface area contributed by atoms with Gasteiger partial charge in [0.05, 0.1) is 0 Å². The van der Waals surface area contributed by atoms with Gasteiger partial charge in [0, 0.05) is 61.7 Å². The van der Waals surface area contributed by atoms with Gasteiger partial charge in [-0.05, 0) is 42.3 Å². The number of para-hydroxylation sites is 1. The van der Waals surface area contributed by atoms with Gasteiger partial charge in [-0.25, -0.2) is 4.39 Å². The predicted molar refractivity (Wildman–Crippen MR) is 119 cm³/mol. The minimum atomic E-state index is -0.265. The zero-order valence-electron chi connectivity index (χ0n) is 17.1. The van der Waals surface area contributed by atoms with Crippen molar-refractivity contribution in [1.82, 2.24) is 15.2 Å². The lowest BCUT2D eigenvalue weighted by atomic mass is 10.1. The van der Waals surface area contributed by atoms with E-state index in [1.807, 2.05) is 30.5 Å². The van der Waals surface area contributed by atoms with Crippen molar-refractivity contribution in [1.29, 1.82) is 5.26 Å². The summed E-state index contributed by atoms with van der Waals surface area (Å²) in [5, 5.41) is 13.7. The third kappa shape index (κ3) is 4.69. The molecule has 1 amide bonds. The number of piperazine rings is 1. The number of aromatic nitrogens is 1. The molecule has 31 heavy (non-hydrogen) atoms. The van der Waals surface area contributed by atoms with Gasteiger partial charge in [0.2, 0.25) is 0 Å². The Morgan fingerprint density at radius 1 is 1.13 bits per heavy atom. The molecule has 1 saturated heterocycles. The Labute approximate surface area is 180 Å². The number of nitrogens with zero attached hydrogens (tertiary/aromatic N) is 3. The van der Waals surface area contributed by atoms with E-state index in [0.29, 0.717) is 32.7 Å². The number of halogens is 1. The Morgan fingerprint density at radius 3 is 2.61 bits per heavy atom. The highest BCUT2D eigenvalue weighted by atomic mass is 19.1. The lowest BCUT2D eigenvalue weighted by molar-refractivity contribution is -0.127. The molecular weight excluding hydrogens is 393 g/mol. The molecule has 0 aliphatic carbocycles. The fraction of sp³-hybridized carbons (Fsp3) is 0.250. The Morgan fingerprint density at radius 2 is 1.87 bits per heavy atom. The largest absolute Gasteiger partial charge is 0.389 e. The summed E-state index contributed by atoms with van der Waals surface area (Å²) in [7, 11) is 0. The van der Waals surface area contributed by atoms with Crippen LogP contribution in [-0.4, -0.2) is 48.5 Å². The van der Waals surface area contributed by atoms with Gasteiger partial charge in [0.15, 0.2) is 0 Å². The second kappa shape index (κ2) is 9.35. The molecule has 0 atom stereocenters. The molecule has 1 aromatic heterocycles. The fourth-order valence-electron chi connectivity index (χ4n) is 3.85. The van der Waals surface area contributed by atoms with Crippen LogP contribution in [0.3, 0.4) is 0 Å². The van der Waals surface area contributed by atoms with E-state index in [2.05, 4.69) is 21.3 Å². The molecule has 6 nitrogen and oxygen atoms in total. The van der Waals surface area contributed by atoms with Crippen LogP contribution in [0, 0.1) is 17.1 Å². The molecule has 2 N–H and O–H groups in total. The molecule has 2 heterocycles. The number of benzene rings is 2. The number of carbonyl (C=O) groups is 1. The summed E-state index contributed by atoms with van der Waals surface area (Å²) in [6, 6.07) is 16.5. The maximum Gasteiger partial charge on any atom is 0.266 e. The standard InChI is InChI=1S/C24H24FN5O/c25-20-5-7-21(8-6-20)29-11-13-30(14-12-29)24(31)19(15-26)16-27-10-9-18-17-28-23-4-2-1-3-22(18)23/h1-8,16-17,27-28H,9-14H2/b19-16-. The maximum absolute atomic E-state index is 13.1. The topological polar surface area (TPSA) is 75.2 Å². The lowest BCUT2D eigenvalue weighted by Crippen LogP contribution is -2.49. The quantitative estimate of drug-likeness (QED) is 0.367. The van der Waals surface area contributed by atoms with Crippen LogP contribution < -0.4 is 10.2 Å². The molecule has 0 bridgehead atoms. The van der Waals surface area contributed by atoms with Crippen molar-refractivity contribution in [2.75, 3.05) is 37.6 Å². The second-order valence-corrected chi connectivity index (χ2v) is 7.49. The molecule has 7 heteroatoms. The average molecular weight is 417 g/mol. The number of amides is 1. The molecular formula is C24H24FN5O. The number of fused-ring (bicyclic) bond motifs is 1. The van der Waals surface area contributed by atoms with Gasteiger partial charge in [0.1, 0.15) is 17.5 Å². The van der Waals surface area contributed by atoms with E-state index in [0.717, 1.165) is 17.6 Å². The van der Waals surface area contributed by atoms with Gasteiger partial charge in [-0.1, -0.05) is 18.2 Å². The van der Waals surface area contributed by atoms with E-state index in [9.17, 15) is 14.4 Å². The van der Waals surface area contributed by atoms with Gasteiger partial charge >= 0.3 is 0 Å². The molecule has 0 unspecified atom stereocenters. The average Bonchev–Trinajstić information content (AvgIpc) is 3.22. The number of rotatable bonds is 6. The zero-order valence-corrected chi connectivity index (χ0v) is 17.1. The molecule has 0 saturated carbocycles. The normalized spacial score (nSPS) is 14.5. The van der Waals surface area contributed by atoms with E-state index in [4.69, 9.17) is 0 Å². The van der Waals surface area contributed by atoms with Crippen molar-refractivity contribution in [2.45, 2.75) is 6.42 Å². The second-order valence-electron chi connectivity index (χ2n) is 7.49. The number of nitriles is 1. The van der Waals surface area contributed by atoms with E-state index in [1.54, 1.807) is 17.0 Å². The first-order valence-corrected chi connectivity index (χ1v) is 10.3. The Balaban J connectivity index is 1.29. The third-order valence-electron chi connectivity index (χ3n) is 5.57. The highest BCUT2D eigenvalue weighted by Crippen LogP contribution is 2.19. The predicted octanol–water partition coefficient (Wildman–Crippen LogP) is 3.20. The van der Waals surface area contributed by atoms with Crippen LogP contribution in [0.5, 0.6) is 0 Å². The SMILES string of the molecule is N#C/C(=C/NCCc1c[nH]c2ccccc12)C(=O)N1CCN(c2ccc(F)cc2)CC1. The minimum absolute atomic E-state index is 0.106. The highest BCUT2D eigenvalue weighted by molar-refractivity contribution is 5.97. The van der Waals surface area contributed by atoms with E-state index >= 15 is 0 Å². The van der Waals surface area contributed by atoms with Crippen molar-refractivity contribution in [3.63, 3.8) is 0 Å². The molecule has 0 radical (unpaired) electrons. The molecule has 1 fully saturated rings. The zero-order chi connectivity index (χ0) is 21.6. The van der Waals surface area contributed by atoms with Crippen LogP contribution in [0.4, 0.5) is 10.1 Å². The van der Waals surface area contributed by atoms with Gasteiger partial charge in [-0.2, -0.15) is 5.26 Å². The smallest absolute Gasteiger partial charge is 0.266 e. The number of nitrogens with one attached hydrogen (secondary N) is 2. The van der Waals surface area contributed by atoms with Crippen LogP contribution in [0.25, 0.3) is 10.9 Å². The number of hydrogen-bond acceptors (Lipinski definition) is 4.